The zero-order valence-electron chi connectivity index (χ0n) is 14.1. The lowest BCUT2D eigenvalue weighted by Gasteiger charge is -2.32. The zero-order valence-corrected chi connectivity index (χ0v) is 17.2. The number of nitrogens with one attached hydrogen (secondary N) is 3. The molecule has 1 aromatic heterocycles. The molecule has 0 saturated carbocycles. The number of hydrogen-bond acceptors (Lipinski definition) is 4. The molecule has 0 radical (unpaired) electrons. The van der Waals surface area contributed by atoms with Crippen LogP contribution in [-0.4, -0.2) is 60.1 Å². The molecule has 150 valence electrons. The molecule has 2 heterocycles. The van der Waals surface area contributed by atoms with E-state index in [0.717, 1.165) is 5.69 Å². The summed E-state index contributed by atoms with van der Waals surface area (Å²) in [5, 5.41) is 12.8. The zero-order chi connectivity index (χ0) is 18.5. The van der Waals surface area contributed by atoms with Crippen LogP contribution in [0.3, 0.4) is 0 Å². The number of piperidine rings is 1. The largest absolute Gasteiger partial charge is 0.511 e. The van der Waals surface area contributed by atoms with Crippen molar-refractivity contribution >= 4 is 40.0 Å². The highest BCUT2D eigenvalue weighted by Gasteiger charge is 2.50. The van der Waals surface area contributed by atoms with E-state index in [0.29, 0.717) is 23.4 Å². The number of hydrogen-bond donors (Lipinski definition) is 3. The molecule has 0 spiro atoms. The summed E-state index contributed by atoms with van der Waals surface area (Å²) in [5.41, 5.74) is -4.43. The highest BCUT2D eigenvalue weighted by Crippen LogP contribution is 2.28. The molecule has 0 amide bonds. The van der Waals surface area contributed by atoms with E-state index < -0.39 is 15.5 Å². The molecule has 8 nitrogen and oxygen atoms in total. The van der Waals surface area contributed by atoms with E-state index in [4.69, 9.17) is 0 Å². The maximum Gasteiger partial charge on any atom is 0.511 e. The molecule has 0 bridgehead atoms. The third kappa shape index (κ3) is 5.97. The minimum Gasteiger partial charge on any atom is -0.357 e. The molecule has 1 aromatic rings. The van der Waals surface area contributed by atoms with Crippen molar-refractivity contribution in [2.45, 2.75) is 37.9 Å². The van der Waals surface area contributed by atoms with Gasteiger partial charge in [-0.25, -0.2) is 13.4 Å². The van der Waals surface area contributed by atoms with Gasteiger partial charge in [-0.2, -0.15) is 22.6 Å². The number of aliphatic imine (C=N–C) groups is 1. The number of aromatic nitrogens is 2. The second-order valence-electron chi connectivity index (χ2n) is 5.55. The summed E-state index contributed by atoms with van der Waals surface area (Å²) in [4.78, 5) is 4.37. The summed E-state index contributed by atoms with van der Waals surface area (Å²) in [6.07, 6.45) is 2.15. The maximum atomic E-state index is 12.6. The van der Waals surface area contributed by atoms with Crippen LogP contribution < -0.4 is 10.6 Å². The number of sulfonamides is 1. The van der Waals surface area contributed by atoms with Gasteiger partial charge in [0.2, 0.25) is 0 Å². The van der Waals surface area contributed by atoms with Crippen LogP contribution in [0.5, 0.6) is 0 Å². The number of nitrogens with zero attached hydrogens (tertiary/aromatic N) is 3. The van der Waals surface area contributed by atoms with Gasteiger partial charge in [-0.1, -0.05) is 0 Å². The fraction of sp³-hybridized carbons (Fsp3) is 0.692. The summed E-state index contributed by atoms with van der Waals surface area (Å²) >= 11 is 0. The molecule has 1 saturated heterocycles. The molecule has 0 atom stereocenters. The minimum atomic E-state index is -5.26. The van der Waals surface area contributed by atoms with E-state index in [9.17, 15) is 21.6 Å². The van der Waals surface area contributed by atoms with Crippen LogP contribution in [0.1, 0.15) is 25.5 Å². The lowest BCUT2D eigenvalue weighted by Crippen LogP contribution is -2.51. The van der Waals surface area contributed by atoms with Gasteiger partial charge in [0.05, 0.1) is 12.2 Å². The van der Waals surface area contributed by atoms with Crippen molar-refractivity contribution in [1.29, 1.82) is 0 Å². The molecular formula is C13H22F3IN6O2S. The first kappa shape index (κ1) is 23.0. The van der Waals surface area contributed by atoms with Gasteiger partial charge in [0.15, 0.2) is 5.96 Å². The Bertz CT molecular complexity index is 673. The van der Waals surface area contributed by atoms with Crippen LogP contribution in [0.2, 0.25) is 0 Å². The monoisotopic (exact) mass is 510 g/mol. The Hall–Kier alpha value is -1.09. The Morgan fingerprint density at radius 2 is 2.08 bits per heavy atom. The predicted molar refractivity (Wildman–Crippen MR) is 102 cm³/mol. The number of aromatic amines is 1. The summed E-state index contributed by atoms with van der Waals surface area (Å²) in [6, 6.07) is 1.63. The molecule has 0 aromatic carbocycles. The highest BCUT2D eigenvalue weighted by molar-refractivity contribution is 14.0. The topological polar surface area (TPSA) is 102 Å². The van der Waals surface area contributed by atoms with Crippen LogP contribution in [0.25, 0.3) is 0 Å². The molecule has 26 heavy (non-hydrogen) atoms. The number of H-pyrrole nitrogens is 1. The predicted octanol–water partition coefficient (Wildman–Crippen LogP) is 1.40. The third-order valence-corrected chi connectivity index (χ3v) is 5.37. The lowest BCUT2D eigenvalue weighted by atomic mass is 10.1. The van der Waals surface area contributed by atoms with Gasteiger partial charge >= 0.3 is 15.5 Å². The molecule has 13 heteroatoms. The van der Waals surface area contributed by atoms with Crippen molar-refractivity contribution in [3.63, 3.8) is 0 Å². The van der Waals surface area contributed by atoms with Crippen molar-refractivity contribution in [2.24, 2.45) is 4.99 Å². The van der Waals surface area contributed by atoms with Crippen LogP contribution in [0.15, 0.2) is 17.3 Å². The Morgan fingerprint density at radius 3 is 2.58 bits per heavy atom. The van der Waals surface area contributed by atoms with Crippen molar-refractivity contribution in [3.05, 3.63) is 18.0 Å². The molecule has 3 N–H and O–H groups in total. The standard InChI is InChI=1S/C13H21F3N6O2S.HI/c1-2-17-12(18-9-11-3-6-19-21-11)20-10-4-7-22(8-5-10)25(23,24)13(14,15)16;/h3,6,10H,2,4-5,7-9H2,1H3,(H,19,21)(H2,17,18,20);1H. The van der Waals surface area contributed by atoms with Gasteiger partial charge in [0, 0.05) is 31.9 Å². The number of rotatable bonds is 5. The number of alkyl halides is 3. The van der Waals surface area contributed by atoms with E-state index in [1.165, 1.54) is 0 Å². The van der Waals surface area contributed by atoms with Crippen LogP contribution in [-0.2, 0) is 16.6 Å². The fourth-order valence-corrected chi connectivity index (χ4v) is 3.42. The summed E-state index contributed by atoms with van der Waals surface area (Å²) < 4.78 is 61.0. The van der Waals surface area contributed by atoms with Crippen molar-refractivity contribution in [3.8, 4) is 0 Å². The Morgan fingerprint density at radius 1 is 1.42 bits per heavy atom. The van der Waals surface area contributed by atoms with Gasteiger partial charge in [0.25, 0.3) is 0 Å². The van der Waals surface area contributed by atoms with Gasteiger partial charge in [-0.15, -0.1) is 24.0 Å². The fourth-order valence-electron chi connectivity index (χ4n) is 2.44. The average molecular weight is 510 g/mol. The quantitative estimate of drug-likeness (QED) is 0.316. The van der Waals surface area contributed by atoms with Crippen LogP contribution >= 0.6 is 24.0 Å². The first-order chi connectivity index (χ1) is 11.7. The van der Waals surface area contributed by atoms with Gasteiger partial charge in [0.1, 0.15) is 0 Å². The second kappa shape index (κ2) is 9.73. The van der Waals surface area contributed by atoms with Gasteiger partial charge in [-0.3, -0.25) is 5.10 Å². The Balaban J connectivity index is 0.00000338. The molecule has 1 aliphatic heterocycles. The van der Waals surface area contributed by atoms with Crippen LogP contribution in [0, 0.1) is 0 Å². The van der Waals surface area contributed by atoms with Gasteiger partial charge in [-0.05, 0) is 25.8 Å². The molecule has 0 aliphatic carbocycles. The molecule has 2 rings (SSSR count). The number of guanidine groups is 1. The lowest BCUT2D eigenvalue weighted by molar-refractivity contribution is -0.0494. The van der Waals surface area contributed by atoms with Crippen molar-refractivity contribution in [1.82, 2.24) is 25.1 Å². The normalized spacial score (nSPS) is 17.6. The van der Waals surface area contributed by atoms with E-state index >= 15 is 0 Å². The maximum absolute atomic E-state index is 12.6. The van der Waals surface area contributed by atoms with E-state index in [2.05, 4.69) is 25.8 Å². The first-order valence-electron chi connectivity index (χ1n) is 7.83. The molecule has 1 fully saturated rings. The van der Waals surface area contributed by atoms with Crippen LogP contribution in [0.4, 0.5) is 13.2 Å². The highest BCUT2D eigenvalue weighted by atomic mass is 127. The Labute approximate surface area is 167 Å². The SMILES string of the molecule is CCNC(=NCc1ccn[nH]1)NC1CCN(S(=O)(=O)C(F)(F)F)CC1.I. The molecule has 1 aliphatic rings. The second-order valence-corrected chi connectivity index (χ2v) is 7.47. The molecule has 0 unspecified atom stereocenters. The summed E-state index contributed by atoms with van der Waals surface area (Å²) in [7, 11) is -5.25. The first-order valence-corrected chi connectivity index (χ1v) is 9.27. The number of halogens is 4. The van der Waals surface area contributed by atoms with Crippen molar-refractivity contribution < 1.29 is 21.6 Å². The third-order valence-electron chi connectivity index (χ3n) is 3.74. The van der Waals surface area contributed by atoms with Gasteiger partial charge < -0.3 is 10.6 Å². The van der Waals surface area contributed by atoms with E-state index in [-0.39, 0.29) is 55.9 Å². The minimum absolute atomic E-state index is 0. The smallest absolute Gasteiger partial charge is 0.357 e. The summed E-state index contributed by atoms with van der Waals surface area (Å²) in [6.45, 7) is 2.53. The van der Waals surface area contributed by atoms with E-state index in [1.54, 1.807) is 12.3 Å². The Kier molecular flexibility index (Phi) is 8.59. The molecular weight excluding hydrogens is 488 g/mol. The van der Waals surface area contributed by atoms with Crippen molar-refractivity contribution in [2.75, 3.05) is 19.6 Å². The van der Waals surface area contributed by atoms with E-state index in [1.807, 2.05) is 6.92 Å². The summed E-state index contributed by atoms with van der Waals surface area (Å²) in [5.74, 6) is 0.522. The average Bonchev–Trinajstić information content (AvgIpc) is 3.06.